The lowest BCUT2D eigenvalue weighted by molar-refractivity contribution is 0.0664. The number of hydrogen-bond donors (Lipinski definition) is 1. The molecular formula is C21H23N5O. The molecule has 2 heterocycles. The van der Waals surface area contributed by atoms with Gasteiger partial charge in [0.1, 0.15) is 0 Å². The second-order valence-electron chi connectivity index (χ2n) is 7.01. The van der Waals surface area contributed by atoms with E-state index in [4.69, 9.17) is 0 Å². The fourth-order valence-corrected chi connectivity index (χ4v) is 3.32. The minimum atomic E-state index is 0.0713. The highest BCUT2D eigenvalue weighted by molar-refractivity contribution is 5.95. The number of anilines is 2. The van der Waals surface area contributed by atoms with Crippen molar-refractivity contribution in [3.8, 4) is 0 Å². The van der Waals surface area contributed by atoms with Crippen molar-refractivity contribution in [1.29, 1.82) is 0 Å². The normalized spacial score (nSPS) is 15.1. The maximum absolute atomic E-state index is 12.8. The molecule has 0 atom stereocenters. The lowest BCUT2D eigenvalue weighted by Gasteiger charge is -2.32. The standard InChI is InChI=1S/C21H23N5O/c1-15-5-3-7-17-14-22-21(24-19(15)17)23-18-8-4-6-16(13-18)20(27)26-11-9-25(2)10-12-26/h3-8,13-14H,9-12H2,1-2H3,(H,22,23,24). The summed E-state index contributed by atoms with van der Waals surface area (Å²) in [7, 11) is 2.08. The Kier molecular flexibility index (Phi) is 4.73. The minimum Gasteiger partial charge on any atom is -0.336 e. The number of amides is 1. The Morgan fingerprint density at radius 3 is 2.67 bits per heavy atom. The highest BCUT2D eigenvalue weighted by atomic mass is 16.2. The summed E-state index contributed by atoms with van der Waals surface area (Å²) in [6, 6.07) is 13.6. The Bertz CT molecular complexity index is 979. The fourth-order valence-electron chi connectivity index (χ4n) is 3.32. The molecule has 0 bridgehead atoms. The zero-order chi connectivity index (χ0) is 18.8. The molecule has 6 nitrogen and oxygen atoms in total. The van der Waals surface area contributed by atoms with Crippen molar-refractivity contribution in [2.24, 2.45) is 0 Å². The molecule has 27 heavy (non-hydrogen) atoms. The summed E-state index contributed by atoms with van der Waals surface area (Å²) in [4.78, 5) is 25.9. The van der Waals surface area contributed by atoms with E-state index in [0.717, 1.165) is 48.3 Å². The van der Waals surface area contributed by atoms with Crippen LogP contribution in [-0.4, -0.2) is 58.9 Å². The second kappa shape index (κ2) is 7.32. The van der Waals surface area contributed by atoms with E-state index in [-0.39, 0.29) is 5.91 Å². The van der Waals surface area contributed by atoms with E-state index < -0.39 is 0 Å². The van der Waals surface area contributed by atoms with Crippen LogP contribution < -0.4 is 5.32 Å². The number of hydrogen-bond acceptors (Lipinski definition) is 5. The molecule has 1 saturated heterocycles. The molecule has 6 heteroatoms. The zero-order valence-corrected chi connectivity index (χ0v) is 15.6. The van der Waals surface area contributed by atoms with Crippen LogP contribution in [0.25, 0.3) is 10.9 Å². The van der Waals surface area contributed by atoms with Crippen LogP contribution in [0.1, 0.15) is 15.9 Å². The molecule has 1 aliphatic rings. The topological polar surface area (TPSA) is 61.4 Å². The van der Waals surface area contributed by atoms with Crippen molar-refractivity contribution in [3.05, 3.63) is 59.8 Å². The number of carbonyl (C=O) groups is 1. The van der Waals surface area contributed by atoms with Gasteiger partial charge in [-0.15, -0.1) is 0 Å². The first-order chi connectivity index (χ1) is 13.1. The van der Waals surface area contributed by atoms with E-state index in [9.17, 15) is 4.79 Å². The molecule has 138 valence electrons. The molecule has 0 unspecified atom stereocenters. The summed E-state index contributed by atoms with van der Waals surface area (Å²) < 4.78 is 0. The first-order valence-corrected chi connectivity index (χ1v) is 9.17. The van der Waals surface area contributed by atoms with E-state index in [1.54, 1.807) is 0 Å². The van der Waals surface area contributed by atoms with Gasteiger partial charge >= 0.3 is 0 Å². The number of rotatable bonds is 3. The summed E-state index contributed by atoms with van der Waals surface area (Å²) in [6.45, 7) is 5.39. The predicted octanol–water partition coefficient (Wildman–Crippen LogP) is 3.07. The summed E-state index contributed by atoms with van der Waals surface area (Å²) in [5.74, 6) is 0.600. The van der Waals surface area contributed by atoms with Gasteiger partial charge in [0, 0.05) is 49.0 Å². The molecule has 1 amide bonds. The minimum absolute atomic E-state index is 0.0713. The average Bonchev–Trinajstić information content (AvgIpc) is 2.69. The molecule has 3 aromatic rings. The number of likely N-dealkylation sites (N-methyl/N-ethyl adjacent to an activating group) is 1. The summed E-state index contributed by atoms with van der Waals surface area (Å²) in [6.07, 6.45) is 1.82. The van der Waals surface area contributed by atoms with Gasteiger partial charge in [0.05, 0.1) is 5.52 Å². The maximum atomic E-state index is 12.8. The Balaban J connectivity index is 1.54. The van der Waals surface area contributed by atoms with Crippen LogP contribution in [0.15, 0.2) is 48.7 Å². The van der Waals surface area contributed by atoms with Crippen LogP contribution in [0, 0.1) is 6.92 Å². The Labute approximate surface area is 158 Å². The van der Waals surface area contributed by atoms with Crippen LogP contribution in [-0.2, 0) is 0 Å². The molecule has 4 rings (SSSR count). The molecule has 1 fully saturated rings. The van der Waals surface area contributed by atoms with Gasteiger partial charge in [-0.2, -0.15) is 0 Å². The monoisotopic (exact) mass is 361 g/mol. The van der Waals surface area contributed by atoms with Gasteiger partial charge in [-0.1, -0.05) is 24.3 Å². The maximum Gasteiger partial charge on any atom is 0.254 e. The molecule has 0 spiro atoms. The van der Waals surface area contributed by atoms with Crippen LogP contribution in [0.3, 0.4) is 0 Å². The highest BCUT2D eigenvalue weighted by Gasteiger charge is 2.20. The number of carbonyl (C=O) groups excluding carboxylic acids is 1. The number of para-hydroxylation sites is 1. The predicted molar refractivity (Wildman–Crippen MR) is 107 cm³/mol. The van der Waals surface area contributed by atoms with E-state index in [2.05, 4.69) is 27.2 Å². The van der Waals surface area contributed by atoms with Crippen molar-refractivity contribution in [1.82, 2.24) is 19.8 Å². The number of benzene rings is 2. The number of nitrogens with zero attached hydrogens (tertiary/aromatic N) is 4. The van der Waals surface area contributed by atoms with E-state index in [1.807, 2.05) is 60.5 Å². The van der Waals surface area contributed by atoms with Gasteiger partial charge < -0.3 is 15.1 Å². The van der Waals surface area contributed by atoms with E-state index >= 15 is 0 Å². The quantitative estimate of drug-likeness (QED) is 0.777. The van der Waals surface area contributed by atoms with Gasteiger partial charge in [-0.05, 0) is 37.7 Å². The third-order valence-electron chi connectivity index (χ3n) is 4.97. The Hall–Kier alpha value is -2.99. The molecule has 0 aliphatic carbocycles. The summed E-state index contributed by atoms with van der Waals surface area (Å²) in [5, 5.41) is 4.24. The summed E-state index contributed by atoms with van der Waals surface area (Å²) in [5.41, 5.74) is 3.53. The van der Waals surface area contributed by atoms with Crippen LogP contribution in [0.2, 0.25) is 0 Å². The largest absolute Gasteiger partial charge is 0.336 e. The average molecular weight is 361 g/mol. The number of piperazine rings is 1. The van der Waals surface area contributed by atoms with E-state index in [1.165, 1.54) is 0 Å². The fraction of sp³-hybridized carbons (Fsp3) is 0.286. The second-order valence-corrected chi connectivity index (χ2v) is 7.01. The lowest BCUT2D eigenvalue weighted by atomic mass is 10.1. The third kappa shape index (κ3) is 3.75. The molecule has 1 aliphatic heterocycles. The highest BCUT2D eigenvalue weighted by Crippen LogP contribution is 2.20. The first-order valence-electron chi connectivity index (χ1n) is 9.17. The van der Waals surface area contributed by atoms with Crippen molar-refractivity contribution < 1.29 is 4.79 Å². The van der Waals surface area contributed by atoms with Gasteiger partial charge in [0.2, 0.25) is 5.95 Å². The lowest BCUT2D eigenvalue weighted by Crippen LogP contribution is -2.47. The Morgan fingerprint density at radius 1 is 1.07 bits per heavy atom. The van der Waals surface area contributed by atoms with Crippen molar-refractivity contribution in [3.63, 3.8) is 0 Å². The SMILES string of the molecule is Cc1cccc2cnc(Nc3cccc(C(=O)N4CCN(C)CC4)c3)nc12. The smallest absolute Gasteiger partial charge is 0.254 e. The van der Waals surface area contributed by atoms with Gasteiger partial charge in [0.15, 0.2) is 0 Å². The molecule has 0 saturated carbocycles. The number of aryl methyl sites for hydroxylation is 1. The Morgan fingerprint density at radius 2 is 1.85 bits per heavy atom. The van der Waals surface area contributed by atoms with Gasteiger partial charge in [0.25, 0.3) is 5.91 Å². The third-order valence-corrected chi connectivity index (χ3v) is 4.97. The van der Waals surface area contributed by atoms with Gasteiger partial charge in [-0.25, -0.2) is 9.97 Å². The molecule has 1 aromatic heterocycles. The van der Waals surface area contributed by atoms with Crippen LogP contribution >= 0.6 is 0 Å². The van der Waals surface area contributed by atoms with E-state index in [0.29, 0.717) is 11.5 Å². The van der Waals surface area contributed by atoms with Crippen LogP contribution in [0.5, 0.6) is 0 Å². The van der Waals surface area contributed by atoms with Crippen molar-refractivity contribution in [2.45, 2.75) is 6.92 Å². The molecule has 2 aromatic carbocycles. The number of fused-ring (bicyclic) bond motifs is 1. The zero-order valence-electron chi connectivity index (χ0n) is 15.6. The number of nitrogens with one attached hydrogen (secondary N) is 1. The number of aromatic nitrogens is 2. The van der Waals surface area contributed by atoms with Crippen molar-refractivity contribution in [2.75, 3.05) is 38.5 Å². The molecule has 0 radical (unpaired) electrons. The van der Waals surface area contributed by atoms with Crippen LogP contribution in [0.4, 0.5) is 11.6 Å². The first kappa shape index (κ1) is 17.4. The summed E-state index contributed by atoms with van der Waals surface area (Å²) >= 11 is 0. The molecule has 1 N–H and O–H groups in total. The molecular weight excluding hydrogens is 338 g/mol. The van der Waals surface area contributed by atoms with Crippen molar-refractivity contribution >= 4 is 28.4 Å². The van der Waals surface area contributed by atoms with Gasteiger partial charge in [-0.3, -0.25) is 4.79 Å².